The highest BCUT2D eigenvalue weighted by molar-refractivity contribution is 6.05. The highest BCUT2D eigenvalue weighted by atomic mass is 19.4. The zero-order chi connectivity index (χ0) is 29.9. The smallest absolute Gasteiger partial charge is 0.406 e. The number of halogens is 6. The van der Waals surface area contributed by atoms with E-state index in [1.165, 1.54) is 53.5 Å². The van der Waals surface area contributed by atoms with Gasteiger partial charge < -0.3 is 14.8 Å². The molecule has 42 heavy (non-hydrogen) atoms. The highest BCUT2D eigenvalue weighted by Gasteiger charge is 2.32. The van der Waals surface area contributed by atoms with Crippen molar-refractivity contribution in [3.05, 3.63) is 109 Å². The fourth-order valence-corrected chi connectivity index (χ4v) is 3.97. The summed E-state index contributed by atoms with van der Waals surface area (Å²) in [6.45, 7) is 0. The van der Waals surface area contributed by atoms with Crippen LogP contribution in [0.15, 0.2) is 103 Å². The fraction of sp³-hybridized carbons (Fsp3) is 0.0690. The van der Waals surface area contributed by atoms with Gasteiger partial charge in [-0.2, -0.15) is 0 Å². The van der Waals surface area contributed by atoms with Crippen LogP contribution >= 0.6 is 0 Å². The summed E-state index contributed by atoms with van der Waals surface area (Å²) in [7, 11) is 0. The molecular formula is C29H18F6N4O3. The van der Waals surface area contributed by atoms with E-state index in [-0.39, 0.29) is 22.6 Å². The van der Waals surface area contributed by atoms with Gasteiger partial charge in [0.15, 0.2) is 5.82 Å². The molecule has 0 saturated heterocycles. The maximum Gasteiger partial charge on any atom is 0.573 e. The summed E-state index contributed by atoms with van der Waals surface area (Å²) >= 11 is 0. The van der Waals surface area contributed by atoms with Gasteiger partial charge in [0, 0.05) is 22.4 Å². The molecule has 4 aromatic carbocycles. The lowest BCUT2D eigenvalue weighted by atomic mass is 10.0. The van der Waals surface area contributed by atoms with Gasteiger partial charge in [0.2, 0.25) is 0 Å². The summed E-state index contributed by atoms with van der Waals surface area (Å²) in [4.78, 5) is 17.1. The molecule has 1 aromatic heterocycles. The van der Waals surface area contributed by atoms with Gasteiger partial charge in [-0.25, -0.2) is 9.67 Å². The van der Waals surface area contributed by atoms with Gasteiger partial charge in [-0.15, -0.1) is 31.4 Å². The van der Waals surface area contributed by atoms with Crippen LogP contribution in [0.25, 0.3) is 28.2 Å². The van der Waals surface area contributed by atoms with E-state index in [1.54, 1.807) is 42.5 Å². The van der Waals surface area contributed by atoms with Gasteiger partial charge in [0.25, 0.3) is 5.91 Å². The molecule has 0 bridgehead atoms. The predicted octanol–water partition coefficient (Wildman–Crippen LogP) is 7.65. The van der Waals surface area contributed by atoms with Crippen molar-refractivity contribution in [2.45, 2.75) is 12.7 Å². The minimum Gasteiger partial charge on any atom is -0.406 e. The Bertz CT molecular complexity index is 1700. The largest absolute Gasteiger partial charge is 0.573 e. The Morgan fingerprint density at radius 1 is 0.738 bits per heavy atom. The van der Waals surface area contributed by atoms with Gasteiger partial charge in [-0.05, 0) is 72.3 Å². The van der Waals surface area contributed by atoms with Gasteiger partial charge in [0.1, 0.15) is 17.8 Å². The maximum atomic E-state index is 12.9. The molecule has 0 spiro atoms. The average molecular weight is 584 g/mol. The van der Waals surface area contributed by atoms with Crippen LogP contribution in [0.4, 0.5) is 32.0 Å². The van der Waals surface area contributed by atoms with Gasteiger partial charge in [-0.1, -0.05) is 30.3 Å². The minimum atomic E-state index is -4.87. The van der Waals surface area contributed by atoms with E-state index in [1.807, 2.05) is 0 Å². The van der Waals surface area contributed by atoms with E-state index < -0.39 is 18.6 Å². The van der Waals surface area contributed by atoms with E-state index in [2.05, 4.69) is 24.9 Å². The van der Waals surface area contributed by atoms with Gasteiger partial charge in [0.05, 0.1) is 5.69 Å². The molecule has 1 heterocycles. The molecule has 0 atom stereocenters. The number of carbonyl (C=O) groups is 1. The van der Waals surface area contributed by atoms with Crippen molar-refractivity contribution in [3.63, 3.8) is 0 Å². The van der Waals surface area contributed by atoms with E-state index in [0.29, 0.717) is 28.3 Å². The number of carbonyl (C=O) groups excluding carboxylic acids is 1. The van der Waals surface area contributed by atoms with Crippen molar-refractivity contribution < 1.29 is 40.6 Å². The van der Waals surface area contributed by atoms with E-state index >= 15 is 0 Å². The molecule has 13 heteroatoms. The number of para-hydroxylation sites is 1. The van der Waals surface area contributed by atoms with Crippen LogP contribution in [-0.4, -0.2) is 33.4 Å². The number of aromatic nitrogens is 3. The van der Waals surface area contributed by atoms with Crippen LogP contribution in [0.3, 0.4) is 0 Å². The summed E-state index contributed by atoms with van der Waals surface area (Å²) in [5.41, 5.74) is 2.25. The lowest BCUT2D eigenvalue weighted by Crippen LogP contribution is -2.17. The first-order valence-corrected chi connectivity index (χ1v) is 12.1. The number of anilines is 1. The summed E-state index contributed by atoms with van der Waals surface area (Å²) in [6.07, 6.45) is -8.26. The predicted molar refractivity (Wildman–Crippen MR) is 140 cm³/mol. The molecule has 5 rings (SSSR count). The standard InChI is InChI=1S/C29H18F6N4O3/c30-28(31,32)41-23-14-12-22(13-15-23)39-17-36-26(38-39)18-8-10-21(11-9-18)37-27(40)20-5-3-4-19(16-20)24-6-1-2-7-25(24)42-29(33,34)35/h1-17H,(H,37,40). The lowest BCUT2D eigenvalue weighted by Gasteiger charge is -2.14. The maximum absolute atomic E-state index is 12.9. The monoisotopic (exact) mass is 584 g/mol. The van der Waals surface area contributed by atoms with E-state index in [4.69, 9.17) is 0 Å². The summed E-state index contributed by atoms with van der Waals surface area (Å²) < 4.78 is 85.0. The Balaban J connectivity index is 1.27. The van der Waals surface area contributed by atoms with Crippen LogP contribution in [0.5, 0.6) is 11.5 Å². The molecular weight excluding hydrogens is 566 g/mol. The number of ether oxygens (including phenoxy) is 2. The van der Waals surface area contributed by atoms with Crippen molar-refractivity contribution in [3.8, 4) is 39.7 Å². The minimum absolute atomic E-state index is 0.173. The topological polar surface area (TPSA) is 78.3 Å². The van der Waals surface area contributed by atoms with Crippen LogP contribution < -0.4 is 14.8 Å². The summed E-state index contributed by atoms with van der Waals surface area (Å²) in [5, 5.41) is 7.07. The number of rotatable bonds is 7. The average Bonchev–Trinajstić information content (AvgIpc) is 3.43. The Morgan fingerprint density at radius 2 is 1.43 bits per heavy atom. The fourth-order valence-electron chi connectivity index (χ4n) is 3.97. The zero-order valence-electron chi connectivity index (χ0n) is 21.1. The number of amides is 1. The van der Waals surface area contributed by atoms with Crippen molar-refractivity contribution in [2.24, 2.45) is 0 Å². The molecule has 0 saturated carbocycles. The lowest BCUT2D eigenvalue weighted by molar-refractivity contribution is -0.275. The SMILES string of the molecule is O=C(Nc1ccc(-c2ncn(-c3ccc(OC(F)(F)F)cc3)n2)cc1)c1cccc(-c2ccccc2OC(F)(F)F)c1. The molecule has 0 aliphatic rings. The molecule has 0 radical (unpaired) electrons. The molecule has 7 nitrogen and oxygen atoms in total. The van der Waals surface area contributed by atoms with E-state index in [0.717, 1.165) is 12.1 Å². The first-order valence-electron chi connectivity index (χ1n) is 12.1. The molecule has 5 aromatic rings. The number of hydrogen-bond acceptors (Lipinski definition) is 5. The summed E-state index contributed by atoms with van der Waals surface area (Å²) in [6, 6.07) is 23.4. The van der Waals surface area contributed by atoms with Crippen molar-refractivity contribution in [1.29, 1.82) is 0 Å². The Morgan fingerprint density at radius 3 is 2.12 bits per heavy atom. The Kier molecular flexibility index (Phi) is 7.57. The molecule has 0 aliphatic heterocycles. The molecule has 1 amide bonds. The summed E-state index contributed by atoms with van der Waals surface area (Å²) in [5.74, 6) is -0.909. The van der Waals surface area contributed by atoms with Crippen LogP contribution in [0.2, 0.25) is 0 Å². The van der Waals surface area contributed by atoms with Gasteiger partial charge in [-0.3, -0.25) is 4.79 Å². The number of hydrogen-bond donors (Lipinski definition) is 1. The molecule has 0 unspecified atom stereocenters. The first-order chi connectivity index (χ1) is 19.9. The molecule has 214 valence electrons. The van der Waals surface area contributed by atoms with Crippen molar-refractivity contribution in [2.75, 3.05) is 5.32 Å². The number of benzene rings is 4. The highest BCUT2D eigenvalue weighted by Crippen LogP contribution is 2.34. The third kappa shape index (κ3) is 7.05. The van der Waals surface area contributed by atoms with Crippen molar-refractivity contribution >= 4 is 11.6 Å². The second kappa shape index (κ2) is 11.3. The Labute approximate surface area is 234 Å². The number of nitrogens with one attached hydrogen (secondary N) is 1. The van der Waals surface area contributed by atoms with Crippen LogP contribution in [0, 0.1) is 0 Å². The van der Waals surface area contributed by atoms with Crippen LogP contribution in [0.1, 0.15) is 10.4 Å². The molecule has 0 fully saturated rings. The number of nitrogens with zero attached hydrogens (tertiary/aromatic N) is 3. The number of alkyl halides is 6. The van der Waals surface area contributed by atoms with Crippen molar-refractivity contribution in [1.82, 2.24) is 14.8 Å². The van der Waals surface area contributed by atoms with Gasteiger partial charge >= 0.3 is 12.7 Å². The second-order valence-corrected chi connectivity index (χ2v) is 8.71. The molecule has 0 aliphatic carbocycles. The third-order valence-corrected chi connectivity index (χ3v) is 5.78. The molecule has 1 N–H and O–H groups in total. The third-order valence-electron chi connectivity index (χ3n) is 5.78. The Hall–Kier alpha value is -5.33. The quantitative estimate of drug-likeness (QED) is 0.199. The first kappa shape index (κ1) is 28.2. The van der Waals surface area contributed by atoms with E-state index in [9.17, 15) is 31.1 Å². The zero-order valence-corrected chi connectivity index (χ0v) is 21.1. The van der Waals surface area contributed by atoms with Crippen LogP contribution in [-0.2, 0) is 0 Å². The second-order valence-electron chi connectivity index (χ2n) is 8.71. The normalized spacial score (nSPS) is 11.7.